The molecule has 3 aromatic carbocycles. The van der Waals surface area contributed by atoms with Crippen molar-refractivity contribution < 1.29 is 19.4 Å². The number of Topliss-reactive ketones (excluding diaryl/α,β-unsaturated/α-hetero) is 1. The van der Waals surface area contributed by atoms with Crippen LogP contribution in [-0.4, -0.2) is 28.8 Å². The van der Waals surface area contributed by atoms with E-state index in [4.69, 9.17) is 4.74 Å². The van der Waals surface area contributed by atoms with Crippen molar-refractivity contribution in [3.63, 3.8) is 0 Å². The lowest BCUT2D eigenvalue weighted by molar-refractivity contribution is -0.140. The summed E-state index contributed by atoms with van der Waals surface area (Å²) in [7, 11) is 1.59. The molecule has 1 fully saturated rings. The fraction of sp³-hybridized carbons (Fsp3) is 0.185. The van der Waals surface area contributed by atoms with Crippen LogP contribution in [0.15, 0.2) is 78.4 Å². The first-order chi connectivity index (χ1) is 15.4. The summed E-state index contributed by atoms with van der Waals surface area (Å²) >= 11 is 0. The van der Waals surface area contributed by atoms with Crippen LogP contribution in [0.5, 0.6) is 5.75 Å². The number of hydrogen-bond acceptors (Lipinski definition) is 4. The van der Waals surface area contributed by atoms with Gasteiger partial charge in [0.15, 0.2) is 0 Å². The highest BCUT2D eigenvalue weighted by Gasteiger charge is 2.46. The fourth-order valence-electron chi connectivity index (χ4n) is 4.09. The van der Waals surface area contributed by atoms with Crippen LogP contribution in [0.1, 0.15) is 33.9 Å². The van der Waals surface area contributed by atoms with E-state index >= 15 is 0 Å². The number of rotatable bonds is 5. The SMILES string of the molecule is COc1ccc(CN2C(=O)C(=O)/C(=C(/O)c3cc(C)ccc3C)C2c2ccccc2)cc1. The van der Waals surface area contributed by atoms with Gasteiger partial charge in [-0.15, -0.1) is 0 Å². The maximum atomic E-state index is 13.2. The third-order valence-electron chi connectivity index (χ3n) is 5.82. The number of benzene rings is 3. The fourth-order valence-corrected chi connectivity index (χ4v) is 4.09. The molecule has 1 amide bonds. The summed E-state index contributed by atoms with van der Waals surface area (Å²) in [5.41, 5.74) is 4.10. The van der Waals surface area contributed by atoms with Gasteiger partial charge in [0, 0.05) is 12.1 Å². The van der Waals surface area contributed by atoms with Crippen molar-refractivity contribution in [1.29, 1.82) is 0 Å². The summed E-state index contributed by atoms with van der Waals surface area (Å²) in [6, 6.07) is 21.7. The number of ether oxygens (including phenoxy) is 1. The first-order valence-electron chi connectivity index (χ1n) is 10.4. The Labute approximate surface area is 187 Å². The molecule has 0 saturated carbocycles. The second-order valence-corrected chi connectivity index (χ2v) is 8.00. The molecule has 1 atom stereocenters. The van der Waals surface area contributed by atoms with E-state index in [2.05, 4.69) is 0 Å². The summed E-state index contributed by atoms with van der Waals surface area (Å²) in [4.78, 5) is 27.8. The molecule has 4 rings (SSSR count). The van der Waals surface area contributed by atoms with Crippen LogP contribution in [0.2, 0.25) is 0 Å². The van der Waals surface area contributed by atoms with Gasteiger partial charge in [0.05, 0.1) is 18.7 Å². The van der Waals surface area contributed by atoms with Crippen molar-refractivity contribution in [1.82, 2.24) is 4.90 Å². The summed E-state index contributed by atoms with van der Waals surface area (Å²) < 4.78 is 5.21. The van der Waals surface area contributed by atoms with Crippen molar-refractivity contribution in [3.05, 3.63) is 106 Å². The van der Waals surface area contributed by atoms with Crippen LogP contribution in [0.25, 0.3) is 5.76 Å². The molecular formula is C27H25NO4. The van der Waals surface area contributed by atoms with Crippen molar-refractivity contribution in [3.8, 4) is 5.75 Å². The Hall–Kier alpha value is -3.86. The van der Waals surface area contributed by atoms with Gasteiger partial charge in [-0.1, -0.05) is 60.2 Å². The second-order valence-electron chi connectivity index (χ2n) is 8.00. The number of amides is 1. The van der Waals surface area contributed by atoms with E-state index < -0.39 is 17.7 Å². The summed E-state index contributed by atoms with van der Waals surface area (Å²) in [5.74, 6) is -0.728. The zero-order valence-electron chi connectivity index (χ0n) is 18.3. The Morgan fingerprint density at radius 2 is 1.66 bits per heavy atom. The zero-order chi connectivity index (χ0) is 22.8. The Kier molecular flexibility index (Phi) is 5.82. The summed E-state index contributed by atoms with van der Waals surface area (Å²) in [6.07, 6.45) is 0. The number of likely N-dealkylation sites (tertiary alicyclic amines) is 1. The Morgan fingerprint density at radius 1 is 0.969 bits per heavy atom. The molecule has 3 aromatic rings. The number of aliphatic hydroxyl groups is 1. The minimum atomic E-state index is -0.682. The van der Waals surface area contributed by atoms with Crippen molar-refractivity contribution in [2.45, 2.75) is 26.4 Å². The van der Waals surface area contributed by atoms with Crippen LogP contribution < -0.4 is 4.74 Å². The lowest BCUT2D eigenvalue weighted by atomic mass is 9.93. The van der Waals surface area contributed by atoms with E-state index in [0.29, 0.717) is 11.3 Å². The molecule has 1 N–H and O–H groups in total. The molecule has 162 valence electrons. The van der Waals surface area contributed by atoms with E-state index in [0.717, 1.165) is 22.3 Å². The average molecular weight is 428 g/mol. The molecule has 1 aliphatic heterocycles. The zero-order valence-corrected chi connectivity index (χ0v) is 18.3. The van der Waals surface area contributed by atoms with Gasteiger partial charge in [0.1, 0.15) is 11.5 Å². The number of hydrogen-bond donors (Lipinski definition) is 1. The molecule has 1 saturated heterocycles. The number of methoxy groups -OCH3 is 1. The van der Waals surface area contributed by atoms with E-state index in [1.165, 1.54) is 4.90 Å². The van der Waals surface area contributed by atoms with Gasteiger partial charge in [-0.25, -0.2) is 0 Å². The van der Waals surface area contributed by atoms with Gasteiger partial charge >= 0.3 is 0 Å². The Balaban J connectivity index is 1.84. The largest absolute Gasteiger partial charge is 0.507 e. The predicted molar refractivity (Wildman–Crippen MR) is 123 cm³/mol. The first kappa shape index (κ1) is 21.4. The molecule has 0 bridgehead atoms. The van der Waals surface area contributed by atoms with E-state index in [-0.39, 0.29) is 17.9 Å². The molecule has 32 heavy (non-hydrogen) atoms. The van der Waals surface area contributed by atoms with Crippen molar-refractivity contribution >= 4 is 17.4 Å². The summed E-state index contributed by atoms with van der Waals surface area (Å²) in [5, 5.41) is 11.3. The van der Waals surface area contributed by atoms with Crippen LogP contribution in [-0.2, 0) is 16.1 Å². The third-order valence-corrected chi connectivity index (χ3v) is 5.82. The standard InChI is InChI=1S/C27H25NO4/c1-17-9-10-18(2)22(15-17)25(29)23-24(20-7-5-4-6-8-20)28(27(31)26(23)30)16-19-11-13-21(32-3)14-12-19/h4-15,24,29H,16H2,1-3H3/b25-23+. The Morgan fingerprint density at radius 3 is 2.31 bits per heavy atom. The maximum Gasteiger partial charge on any atom is 0.295 e. The van der Waals surface area contributed by atoms with Crippen molar-refractivity contribution in [2.24, 2.45) is 0 Å². The van der Waals surface area contributed by atoms with Gasteiger partial charge in [0.25, 0.3) is 11.7 Å². The maximum absolute atomic E-state index is 13.2. The van der Waals surface area contributed by atoms with Gasteiger partial charge < -0.3 is 14.7 Å². The number of carbonyl (C=O) groups excluding carboxylic acids is 2. The molecule has 1 unspecified atom stereocenters. The molecule has 5 heteroatoms. The van der Waals surface area contributed by atoms with Gasteiger partial charge in [0.2, 0.25) is 0 Å². The normalized spacial score (nSPS) is 17.6. The molecule has 0 spiro atoms. The van der Waals surface area contributed by atoms with E-state index in [9.17, 15) is 14.7 Å². The topological polar surface area (TPSA) is 66.8 Å². The molecule has 1 heterocycles. The van der Waals surface area contributed by atoms with Crippen LogP contribution in [0, 0.1) is 13.8 Å². The third kappa shape index (κ3) is 3.89. The molecular weight excluding hydrogens is 402 g/mol. The number of nitrogens with zero attached hydrogens (tertiary/aromatic N) is 1. The lowest BCUT2D eigenvalue weighted by Gasteiger charge is -2.25. The lowest BCUT2D eigenvalue weighted by Crippen LogP contribution is -2.29. The first-order valence-corrected chi connectivity index (χ1v) is 10.4. The molecule has 0 aromatic heterocycles. The average Bonchev–Trinajstić information content (AvgIpc) is 3.06. The van der Waals surface area contributed by atoms with Crippen LogP contribution in [0.4, 0.5) is 0 Å². The smallest absolute Gasteiger partial charge is 0.295 e. The van der Waals surface area contributed by atoms with E-state index in [1.807, 2.05) is 86.6 Å². The highest BCUT2D eigenvalue weighted by atomic mass is 16.5. The number of carbonyl (C=O) groups is 2. The number of aliphatic hydroxyl groups excluding tert-OH is 1. The highest BCUT2D eigenvalue weighted by Crippen LogP contribution is 2.40. The monoisotopic (exact) mass is 427 g/mol. The molecule has 0 radical (unpaired) electrons. The minimum absolute atomic E-state index is 0.114. The number of aryl methyl sites for hydroxylation is 2. The molecule has 5 nitrogen and oxygen atoms in total. The van der Waals surface area contributed by atoms with Gasteiger partial charge in [-0.2, -0.15) is 0 Å². The predicted octanol–water partition coefficient (Wildman–Crippen LogP) is 4.93. The van der Waals surface area contributed by atoms with Crippen LogP contribution in [0.3, 0.4) is 0 Å². The van der Waals surface area contributed by atoms with Gasteiger partial charge in [-0.05, 0) is 48.7 Å². The molecule has 0 aliphatic carbocycles. The highest BCUT2D eigenvalue weighted by molar-refractivity contribution is 6.46. The number of ketones is 1. The Bertz CT molecular complexity index is 1200. The van der Waals surface area contributed by atoms with Gasteiger partial charge in [-0.3, -0.25) is 9.59 Å². The van der Waals surface area contributed by atoms with Crippen molar-refractivity contribution in [2.75, 3.05) is 7.11 Å². The van der Waals surface area contributed by atoms with Crippen LogP contribution >= 0.6 is 0 Å². The summed E-state index contributed by atoms with van der Waals surface area (Å²) in [6.45, 7) is 4.03. The van der Waals surface area contributed by atoms with E-state index in [1.54, 1.807) is 7.11 Å². The second kappa shape index (κ2) is 8.71. The molecule has 1 aliphatic rings. The quantitative estimate of drug-likeness (QED) is 0.356. The minimum Gasteiger partial charge on any atom is -0.507 e.